The molecule has 1 aliphatic rings. The zero-order chi connectivity index (χ0) is 16.8. The number of hydrogen-bond acceptors (Lipinski definition) is 3. The van der Waals surface area contributed by atoms with Crippen LogP contribution in [0.1, 0.15) is 35.7 Å². The first-order chi connectivity index (χ1) is 11.7. The summed E-state index contributed by atoms with van der Waals surface area (Å²) in [5.41, 5.74) is 1.91. The number of piperidine rings is 1. The number of anilines is 1. The number of pyridine rings is 1. The lowest BCUT2D eigenvalue weighted by Crippen LogP contribution is -2.37. The van der Waals surface area contributed by atoms with Gasteiger partial charge in [-0.1, -0.05) is 37.3 Å². The van der Waals surface area contributed by atoms with Crippen molar-refractivity contribution in [2.75, 3.05) is 24.5 Å². The Balaban J connectivity index is 1.64. The topological polar surface area (TPSA) is 45.2 Å². The van der Waals surface area contributed by atoms with Gasteiger partial charge in [0.25, 0.3) is 5.91 Å². The average molecular weight is 323 g/mol. The first-order valence-electron chi connectivity index (χ1n) is 8.76. The minimum absolute atomic E-state index is 0.0349. The van der Waals surface area contributed by atoms with Crippen LogP contribution in [0, 0.1) is 5.92 Å². The fourth-order valence-corrected chi connectivity index (χ4v) is 3.27. The van der Waals surface area contributed by atoms with Gasteiger partial charge in [0.1, 0.15) is 5.82 Å². The third-order valence-corrected chi connectivity index (χ3v) is 4.53. The van der Waals surface area contributed by atoms with Crippen LogP contribution in [-0.2, 0) is 6.42 Å². The molecule has 1 atom stereocenters. The van der Waals surface area contributed by atoms with Crippen molar-refractivity contribution in [2.24, 2.45) is 5.92 Å². The summed E-state index contributed by atoms with van der Waals surface area (Å²) in [6.07, 6.45) is 5.02. The fourth-order valence-electron chi connectivity index (χ4n) is 3.27. The highest BCUT2D eigenvalue weighted by Crippen LogP contribution is 2.24. The maximum absolute atomic E-state index is 12.6. The number of rotatable bonds is 5. The molecule has 1 aliphatic heterocycles. The highest BCUT2D eigenvalue weighted by Gasteiger charge is 2.22. The van der Waals surface area contributed by atoms with Gasteiger partial charge in [-0.05, 0) is 42.9 Å². The van der Waals surface area contributed by atoms with Crippen molar-refractivity contribution in [3.8, 4) is 0 Å². The van der Waals surface area contributed by atoms with Gasteiger partial charge in [-0.2, -0.15) is 0 Å². The van der Waals surface area contributed by atoms with Crippen molar-refractivity contribution >= 4 is 11.7 Å². The molecule has 1 fully saturated rings. The Morgan fingerprint density at radius 1 is 1.25 bits per heavy atom. The van der Waals surface area contributed by atoms with E-state index in [-0.39, 0.29) is 5.91 Å². The van der Waals surface area contributed by atoms with Crippen LogP contribution in [0.2, 0.25) is 0 Å². The van der Waals surface area contributed by atoms with E-state index in [1.807, 2.05) is 30.3 Å². The standard InChI is InChI=1S/C20H25N3O/c1-16-7-6-14-23(15-16)19-18(10-5-12-21-19)20(24)22-13-11-17-8-3-2-4-9-17/h2-5,8-10,12,16H,6-7,11,13-15H2,1H3,(H,22,24). The summed E-state index contributed by atoms with van der Waals surface area (Å²) in [6, 6.07) is 13.9. The molecule has 2 heterocycles. The second kappa shape index (κ2) is 7.95. The zero-order valence-corrected chi connectivity index (χ0v) is 14.2. The molecule has 0 bridgehead atoms. The predicted octanol–water partition coefficient (Wildman–Crippen LogP) is 3.29. The number of amides is 1. The van der Waals surface area contributed by atoms with E-state index in [4.69, 9.17) is 0 Å². The van der Waals surface area contributed by atoms with Gasteiger partial charge in [-0.25, -0.2) is 4.98 Å². The first-order valence-corrected chi connectivity index (χ1v) is 8.76. The largest absolute Gasteiger partial charge is 0.356 e. The van der Waals surface area contributed by atoms with Gasteiger partial charge in [-0.15, -0.1) is 0 Å². The van der Waals surface area contributed by atoms with Crippen molar-refractivity contribution in [3.05, 3.63) is 59.8 Å². The first kappa shape index (κ1) is 16.5. The molecule has 24 heavy (non-hydrogen) atoms. The van der Waals surface area contributed by atoms with Gasteiger partial charge in [0.05, 0.1) is 5.56 Å². The lowest BCUT2D eigenvalue weighted by Gasteiger charge is -2.32. The Bertz CT molecular complexity index is 672. The molecule has 0 saturated carbocycles. The number of nitrogens with one attached hydrogen (secondary N) is 1. The maximum Gasteiger partial charge on any atom is 0.255 e. The molecule has 1 aromatic heterocycles. The van der Waals surface area contributed by atoms with Gasteiger partial charge in [0, 0.05) is 25.8 Å². The molecule has 2 aromatic rings. The molecule has 0 aliphatic carbocycles. The molecule has 1 unspecified atom stereocenters. The number of carbonyl (C=O) groups is 1. The molecule has 1 N–H and O–H groups in total. The Morgan fingerprint density at radius 2 is 2.08 bits per heavy atom. The highest BCUT2D eigenvalue weighted by molar-refractivity contribution is 5.98. The average Bonchev–Trinajstić information content (AvgIpc) is 2.62. The Morgan fingerprint density at radius 3 is 2.88 bits per heavy atom. The summed E-state index contributed by atoms with van der Waals surface area (Å²) >= 11 is 0. The molecular weight excluding hydrogens is 298 g/mol. The fraction of sp³-hybridized carbons (Fsp3) is 0.400. The molecule has 0 radical (unpaired) electrons. The molecule has 3 rings (SSSR count). The lowest BCUT2D eigenvalue weighted by atomic mass is 10.00. The molecular formula is C20H25N3O. The van der Waals surface area contributed by atoms with E-state index < -0.39 is 0 Å². The van der Waals surface area contributed by atoms with Crippen molar-refractivity contribution in [1.29, 1.82) is 0 Å². The molecule has 1 saturated heterocycles. The van der Waals surface area contributed by atoms with Crippen molar-refractivity contribution in [1.82, 2.24) is 10.3 Å². The van der Waals surface area contributed by atoms with Crippen LogP contribution < -0.4 is 10.2 Å². The smallest absolute Gasteiger partial charge is 0.255 e. The van der Waals surface area contributed by atoms with Crippen LogP contribution in [0.4, 0.5) is 5.82 Å². The molecule has 4 heteroatoms. The monoisotopic (exact) mass is 323 g/mol. The second-order valence-electron chi connectivity index (χ2n) is 6.56. The van der Waals surface area contributed by atoms with Gasteiger partial charge in [0.15, 0.2) is 0 Å². The normalized spacial score (nSPS) is 17.5. The Labute approximate surface area is 143 Å². The van der Waals surface area contributed by atoms with Crippen LogP contribution in [-0.4, -0.2) is 30.5 Å². The van der Waals surface area contributed by atoms with E-state index in [1.54, 1.807) is 6.20 Å². The molecule has 1 amide bonds. The zero-order valence-electron chi connectivity index (χ0n) is 14.2. The van der Waals surface area contributed by atoms with Gasteiger partial charge in [-0.3, -0.25) is 4.79 Å². The van der Waals surface area contributed by atoms with E-state index in [0.717, 1.165) is 31.7 Å². The SMILES string of the molecule is CC1CCCN(c2ncccc2C(=O)NCCc2ccccc2)C1. The third kappa shape index (κ3) is 4.13. The van der Waals surface area contributed by atoms with Crippen LogP contribution in [0.3, 0.4) is 0 Å². The van der Waals surface area contributed by atoms with Crippen molar-refractivity contribution in [2.45, 2.75) is 26.2 Å². The summed E-state index contributed by atoms with van der Waals surface area (Å²) in [5, 5.41) is 3.03. The van der Waals surface area contributed by atoms with E-state index in [0.29, 0.717) is 18.0 Å². The number of hydrogen-bond donors (Lipinski definition) is 1. The van der Waals surface area contributed by atoms with Crippen LogP contribution in [0.5, 0.6) is 0 Å². The van der Waals surface area contributed by atoms with Crippen LogP contribution in [0.25, 0.3) is 0 Å². The minimum atomic E-state index is -0.0349. The molecule has 126 valence electrons. The third-order valence-electron chi connectivity index (χ3n) is 4.53. The van der Waals surface area contributed by atoms with Crippen molar-refractivity contribution in [3.63, 3.8) is 0 Å². The van der Waals surface area contributed by atoms with Crippen LogP contribution in [0.15, 0.2) is 48.7 Å². The number of carbonyl (C=O) groups excluding carboxylic acids is 1. The van der Waals surface area contributed by atoms with Gasteiger partial charge < -0.3 is 10.2 Å². The Hall–Kier alpha value is -2.36. The summed E-state index contributed by atoms with van der Waals surface area (Å²) in [4.78, 5) is 19.3. The lowest BCUT2D eigenvalue weighted by molar-refractivity contribution is 0.0954. The molecule has 0 spiro atoms. The minimum Gasteiger partial charge on any atom is -0.356 e. The van der Waals surface area contributed by atoms with E-state index in [1.165, 1.54) is 12.0 Å². The second-order valence-corrected chi connectivity index (χ2v) is 6.56. The van der Waals surface area contributed by atoms with E-state index in [9.17, 15) is 4.79 Å². The Kier molecular flexibility index (Phi) is 5.47. The van der Waals surface area contributed by atoms with Crippen molar-refractivity contribution < 1.29 is 4.79 Å². The van der Waals surface area contributed by atoms with E-state index >= 15 is 0 Å². The predicted molar refractivity (Wildman–Crippen MR) is 97.3 cm³/mol. The summed E-state index contributed by atoms with van der Waals surface area (Å²) in [7, 11) is 0. The van der Waals surface area contributed by atoms with Gasteiger partial charge in [0.2, 0.25) is 0 Å². The molecule has 4 nitrogen and oxygen atoms in total. The quantitative estimate of drug-likeness (QED) is 0.918. The van der Waals surface area contributed by atoms with Gasteiger partial charge >= 0.3 is 0 Å². The number of aromatic nitrogens is 1. The van der Waals surface area contributed by atoms with Crippen LogP contribution >= 0.6 is 0 Å². The molecule has 1 aromatic carbocycles. The van der Waals surface area contributed by atoms with E-state index in [2.05, 4.69) is 34.3 Å². The number of benzene rings is 1. The number of nitrogens with zero attached hydrogens (tertiary/aromatic N) is 2. The highest BCUT2D eigenvalue weighted by atomic mass is 16.1. The summed E-state index contributed by atoms with van der Waals surface area (Å²) in [6.45, 7) is 4.84. The maximum atomic E-state index is 12.6. The summed E-state index contributed by atoms with van der Waals surface area (Å²) < 4.78 is 0. The summed E-state index contributed by atoms with van der Waals surface area (Å²) in [5.74, 6) is 1.43.